The van der Waals surface area contributed by atoms with Gasteiger partial charge in [-0.2, -0.15) is 4.98 Å². The summed E-state index contributed by atoms with van der Waals surface area (Å²) in [7, 11) is 1.97. The SMILES string of the molecule is Cc1cc(Nc2ncnc3cnc(OC4C[C@H]5CC[C@@H](C4)N5C(=O)OC(C)(C)C)nc23)ccc1Oc1ccc2c(c1)ncn2C. The van der Waals surface area contributed by atoms with E-state index < -0.39 is 5.60 Å². The number of imidazole rings is 1. The van der Waals surface area contributed by atoms with Gasteiger partial charge in [-0.05, 0) is 76.4 Å². The molecule has 0 saturated carbocycles. The number of carbonyl (C=O) groups excluding carboxylic acids is 1. The lowest BCUT2D eigenvalue weighted by atomic mass is 10.0. The molecule has 0 spiro atoms. The normalized spacial score (nSPS) is 19.6. The summed E-state index contributed by atoms with van der Waals surface area (Å²) in [6, 6.07) is 12.2. The zero-order valence-electron chi connectivity index (χ0n) is 26.0. The average molecular weight is 609 g/mol. The van der Waals surface area contributed by atoms with Crippen molar-refractivity contribution < 1.29 is 19.0 Å². The molecule has 0 aliphatic carbocycles. The smallest absolute Gasteiger partial charge is 0.410 e. The first kappa shape index (κ1) is 28.8. The maximum atomic E-state index is 12.8. The quantitative estimate of drug-likeness (QED) is 0.229. The molecule has 232 valence electrons. The molecule has 1 N–H and O–H groups in total. The van der Waals surface area contributed by atoms with Crippen LogP contribution in [0.1, 0.15) is 52.0 Å². The number of carbonyl (C=O) groups is 1. The Labute approximate surface area is 260 Å². The Kier molecular flexibility index (Phi) is 7.14. The Morgan fingerprint density at radius 3 is 2.53 bits per heavy atom. The van der Waals surface area contributed by atoms with E-state index in [1.54, 1.807) is 12.5 Å². The van der Waals surface area contributed by atoms with Crippen LogP contribution in [0.25, 0.3) is 22.1 Å². The second-order valence-corrected chi connectivity index (χ2v) is 12.8. The fraction of sp³-hybridized carbons (Fsp3) is 0.394. The Hall–Kier alpha value is -5.00. The van der Waals surface area contributed by atoms with Gasteiger partial charge in [-0.15, -0.1) is 0 Å². The van der Waals surface area contributed by atoms with Crippen LogP contribution in [0.3, 0.4) is 0 Å². The zero-order chi connectivity index (χ0) is 31.3. The summed E-state index contributed by atoms with van der Waals surface area (Å²) >= 11 is 0. The second kappa shape index (κ2) is 11.2. The fourth-order valence-corrected chi connectivity index (χ4v) is 6.26. The molecule has 5 aromatic rings. The van der Waals surface area contributed by atoms with E-state index in [4.69, 9.17) is 19.2 Å². The molecule has 7 rings (SSSR count). The second-order valence-electron chi connectivity index (χ2n) is 12.8. The van der Waals surface area contributed by atoms with Gasteiger partial charge in [0.25, 0.3) is 0 Å². The number of benzene rings is 2. The average Bonchev–Trinajstić information content (AvgIpc) is 3.49. The van der Waals surface area contributed by atoms with Gasteiger partial charge in [-0.25, -0.2) is 24.7 Å². The molecule has 3 aromatic heterocycles. The van der Waals surface area contributed by atoms with E-state index in [9.17, 15) is 4.79 Å². The molecule has 12 nitrogen and oxygen atoms in total. The van der Waals surface area contributed by atoms with Crippen LogP contribution < -0.4 is 14.8 Å². The highest BCUT2D eigenvalue weighted by Crippen LogP contribution is 2.38. The Morgan fingerprint density at radius 2 is 1.78 bits per heavy atom. The number of rotatable bonds is 6. The molecule has 1 unspecified atom stereocenters. The van der Waals surface area contributed by atoms with E-state index in [0.717, 1.165) is 46.6 Å². The summed E-state index contributed by atoms with van der Waals surface area (Å²) in [4.78, 5) is 37.1. The highest BCUT2D eigenvalue weighted by Gasteiger charge is 2.45. The highest BCUT2D eigenvalue weighted by molar-refractivity contribution is 5.86. The van der Waals surface area contributed by atoms with Crippen LogP contribution in [-0.4, -0.2) is 64.3 Å². The molecular weight excluding hydrogens is 572 g/mol. The van der Waals surface area contributed by atoms with Crippen LogP contribution in [-0.2, 0) is 11.8 Å². The molecule has 2 aromatic carbocycles. The zero-order valence-corrected chi connectivity index (χ0v) is 26.0. The van der Waals surface area contributed by atoms with Crippen LogP contribution >= 0.6 is 0 Å². The van der Waals surface area contributed by atoms with Crippen molar-refractivity contribution in [1.29, 1.82) is 0 Å². The Bertz CT molecular complexity index is 1890. The first-order chi connectivity index (χ1) is 21.6. The summed E-state index contributed by atoms with van der Waals surface area (Å²) in [5, 5.41) is 3.37. The minimum atomic E-state index is -0.527. The first-order valence-corrected chi connectivity index (χ1v) is 15.2. The molecule has 2 aliphatic heterocycles. The largest absolute Gasteiger partial charge is 0.460 e. The Morgan fingerprint density at radius 1 is 0.978 bits per heavy atom. The van der Waals surface area contributed by atoms with Gasteiger partial charge in [0.1, 0.15) is 40.6 Å². The molecule has 2 saturated heterocycles. The number of aromatic nitrogens is 6. The maximum Gasteiger partial charge on any atom is 0.410 e. The minimum absolute atomic E-state index is 0.0812. The summed E-state index contributed by atoms with van der Waals surface area (Å²) in [6.45, 7) is 7.67. The van der Waals surface area contributed by atoms with Crippen molar-refractivity contribution in [3.63, 3.8) is 0 Å². The van der Waals surface area contributed by atoms with Gasteiger partial charge in [0, 0.05) is 43.7 Å². The lowest BCUT2D eigenvalue weighted by Gasteiger charge is -2.39. The molecule has 5 heterocycles. The summed E-state index contributed by atoms with van der Waals surface area (Å²) in [6.07, 6.45) is 7.86. The van der Waals surface area contributed by atoms with Gasteiger partial charge in [-0.1, -0.05) is 0 Å². The minimum Gasteiger partial charge on any atom is -0.460 e. The van der Waals surface area contributed by atoms with Gasteiger partial charge in [0.15, 0.2) is 5.82 Å². The Balaban J connectivity index is 1.05. The van der Waals surface area contributed by atoms with Crippen LogP contribution in [0.4, 0.5) is 16.3 Å². The van der Waals surface area contributed by atoms with Crippen molar-refractivity contribution in [2.75, 3.05) is 5.32 Å². The third-order valence-electron chi connectivity index (χ3n) is 8.28. The van der Waals surface area contributed by atoms with Gasteiger partial charge >= 0.3 is 12.1 Å². The van der Waals surface area contributed by atoms with Gasteiger partial charge in [0.05, 0.1) is 23.6 Å². The topological polar surface area (TPSA) is 129 Å². The van der Waals surface area contributed by atoms with Crippen molar-refractivity contribution in [3.05, 3.63) is 60.8 Å². The molecule has 45 heavy (non-hydrogen) atoms. The monoisotopic (exact) mass is 608 g/mol. The van der Waals surface area contributed by atoms with Crippen molar-refractivity contribution in [2.24, 2.45) is 7.05 Å². The summed E-state index contributed by atoms with van der Waals surface area (Å²) in [5.74, 6) is 2.01. The summed E-state index contributed by atoms with van der Waals surface area (Å²) < 4.78 is 20.1. The van der Waals surface area contributed by atoms with E-state index in [1.165, 1.54) is 6.33 Å². The van der Waals surface area contributed by atoms with E-state index in [-0.39, 0.29) is 30.3 Å². The molecule has 2 bridgehead atoms. The van der Waals surface area contributed by atoms with Crippen LogP contribution in [0.2, 0.25) is 0 Å². The molecule has 1 amide bonds. The van der Waals surface area contributed by atoms with Crippen molar-refractivity contribution in [2.45, 2.75) is 77.2 Å². The molecule has 2 fully saturated rings. The van der Waals surface area contributed by atoms with E-state index in [1.807, 2.05) is 80.6 Å². The lowest BCUT2D eigenvalue weighted by molar-refractivity contribution is -0.00815. The third-order valence-corrected chi connectivity index (χ3v) is 8.28. The highest BCUT2D eigenvalue weighted by atomic mass is 16.6. The van der Waals surface area contributed by atoms with E-state index in [2.05, 4.69) is 25.3 Å². The molecule has 2 aliphatic rings. The number of nitrogens with one attached hydrogen (secondary N) is 1. The number of amides is 1. The molecule has 12 heteroatoms. The number of fused-ring (bicyclic) bond motifs is 4. The van der Waals surface area contributed by atoms with Gasteiger partial charge in [0.2, 0.25) is 0 Å². The predicted molar refractivity (Wildman–Crippen MR) is 169 cm³/mol. The number of ether oxygens (including phenoxy) is 3. The molecule has 0 radical (unpaired) electrons. The number of anilines is 2. The van der Waals surface area contributed by atoms with Crippen molar-refractivity contribution in [1.82, 2.24) is 34.4 Å². The van der Waals surface area contributed by atoms with Crippen LogP contribution in [0.5, 0.6) is 17.5 Å². The van der Waals surface area contributed by atoms with E-state index in [0.29, 0.717) is 29.7 Å². The number of hydrogen-bond donors (Lipinski definition) is 1. The maximum absolute atomic E-state index is 12.8. The predicted octanol–water partition coefficient (Wildman–Crippen LogP) is 6.46. The standard InChI is InChI=1S/C33H36N8O4/c1-19-12-20(6-11-28(19)43-23-9-10-27-25(15-23)37-18-40(27)5)38-30-29-26(35-17-36-30)16-34-31(39-29)44-24-13-21-7-8-22(14-24)41(21)32(42)45-33(2,3)4/h6,9-12,15-18,21-22,24H,7-8,13-14H2,1-5H3,(H,35,36,38)/t21-,22+,24?. The lowest BCUT2D eigenvalue weighted by Crippen LogP contribution is -2.50. The van der Waals surface area contributed by atoms with Gasteiger partial charge in [-0.3, -0.25) is 0 Å². The third kappa shape index (κ3) is 5.92. The van der Waals surface area contributed by atoms with Crippen molar-refractivity contribution >= 4 is 39.7 Å². The number of piperidine rings is 1. The van der Waals surface area contributed by atoms with Gasteiger partial charge < -0.3 is 29.0 Å². The number of aryl methyl sites for hydroxylation is 2. The molecular formula is C33H36N8O4. The number of hydrogen-bond acceptors (Lipinski definition) is 10. The first-order valence-electron chi connectivity index (χ1n) is 15.2. The van der Waals surface area contributed by atoms with Crippen molar-refractivity contribution in [3.8, 4) is 17.5 Å². The van der Waals surface area contributed by atoms with Crippen LogP contribution in [0, 0.1) is 6.92 Å². The summed E-state index contributed by atoms with van der Waals surface area (Å²) in [5.41, 5.74) is 4.33. The molecule has 3 atom stereocenters. The van der Waals surface area contributed by atoms with E-state index >= 15 is 0 Å². The fourth-order valence-electron chi connectivity index (χ4n) is 6.26. The number of nitrogens with zero attached hydrogens (tertiary/aromatic N) is 7. The van der Waals surface area contributed by atoms with Crippen LogP contribution in [0.15, 0.2) is 55.2 Å².